The van der Waals surface area contributed by atoms with E-state index in [9.17, 15) is 9.59 Å². The van der Waals surface area contributed by atoms with Crippen molar-refractivity contribution < 1.29 is 14.1 Å². The highest BCUT2D eigenvalue weighted by Crippen LogP contribution is 2.23. The number of carbonyl (C=O) groups excluding carboxylic acids is 2. The summed E-state index contributed by atoms with van der Waals surface area (Å²) in [5, 5.41) is 6.84. The van der Waals surface area contributed by atoms with E-state index in [1.165, 1.54) is 0 Å². The topological polar surface area (TPSA) is 88.3 Å². The van der Waals surface area contributed by atoms with Crippen LogP contribution in [-0.4, -0.2) is 28.5 Å². The molecule has 1 saturated heterocycles. The summed E-state index contributed by atoms with van der Waals surface area (Å²) in [6.45, 7) is 2.77. The Morgan fingerprint density at radius 2 is 1.90 bits per heavy atom. The smallest absolute Gasteiger partial charge is 0.227 e. The van der Waals surface area contributed by atoms with Gasteiger partial charge in [-0.1, -0.05) is 35.0 Å². The first-order valence-electron chi connectivity index (χ1n) is 9.68. The van der Waals surface area contributed by atoms with Crippen LogP contribution in [0.4, 0.5) is 11.4 Å². The van der Waals surface area contributed by atoms with E-state index in [4.69, 9.17) is 4.52 Å². The molecular weight excluding hydrogens is 368 g/mol. The molecule has 4 rings (SSSR count). The maximum Gasteiger partial charge on any atom is 0.227 e. The molecule has 0 atom stereocenters. The van der Waals surface area contributed by atoms with Crippen molar-refractivity contribution in [3.63, 3.8) is 0 Å². The first-order chi connectivity index (χ1) is 14.1. The number of rotatable bonds is 6. The standard InChI is InChI=1S/C22H22N4O3/c1-15-4-6-16(7-5-15)22-24-20(29-25-22)13-12-19(27)23-17-8-10-18(11-9-17)26-14-2-3-21(26)28/h4-11H,2-3,12-14H2,1H3,(H,23,27). The van der Waals surface area contributed by atoms with Gasteiger partial charge in [0.2, 0.25) is 23.5 Å². The van der Waals surface area contributed by atoms with Crippen molar-refractivity contribution in [1.82, 2.24) is 10.1 Å². The van der Waals surface area contributed by atoms with Crippen molar-refractivity contribution in [3.8, 4) is 11.4 Å². The van der Waals surface area contributed by atoms with Crippen LogP contribution >= 0.6 is 0 Å². The summed E-state index contributed by atoms with van der Waals surface area (Å²) in [5.74, 6) is 0.961. The molecule has 1 aliphatic heterocycles. The number of hydrogen-bond acceptors (Lipinski definition) is 5. The van der Waals surface area contributed by atoms with Gasteiger partial charge in [0.15, 0.2) is 0 Å². The number of anilines is 2. The Balaban J connectivity index is 1.30. The minimum absolute atomic E-state index is 0.134. The largest absolute Gasteiger partial charge is 0.339 e. The molecule has 1 fully saturated rings. The third kappa shape index (κ3) is 4.51. The molecule has 29 heavy (non-hydrogen) atoms. The molecule has 2 aromatic carbocycles. The number of benzene rings is 2. The molecule has 2 amide bonds. The van der Waals surface area contributed by atoms with E-state index in [1.54, 1.807) is 17.0 Å². The summed E-state index contributed by atoms with van der Waals surface area (Å²) in [6, 6.07) is 15.2. The molecule has 0 saturated carbocycles. The predicted octanol–water partition coefficient (Wildman–Crippen LogP) is 3.74. The second-order valence-electron chi connectivity index (χ2n) is 7.12. The summed E-state index contributed by atoms with van der Waals surface area (Å²) in [4.78, 5) is 30.2. The minimum atomic E-state index is -0.134. The van der Waals surface area contributed by atoms with E-state index in [1.807, 2.05) is 43.3 Å². The second kappa shape index (κ2) is 8.26. The highest BCUT2D eigenvalue weighted by atomic mass is 16.5. The number of aromatic nitrogens is 2. The van der Waals surface area contributed by atoms with E-state index in [-0.39, 0.29) is 18.2 Å². The number of aryl methyl sites for hydroxylation is 2. The lowest BCUT2D eigenvalue weighted by Gasteiger charge is -2.16. The van der Waals surface area contributed by atoms with Crippen LogP contribution in [0.2, 0.25) is 0 Å². The second-order valence-corrected chi connectivity index (χ2v) is 7.12. The van der Waals surface area contributed by atoms with E-state index >= 15 is 0 Å². The van der Waals surface area contributed by atoms with Crippen molar-refractivity contribution in [3.05, 3.63) is 60.0 Å². The Hall–Kier alpha value is -3.48. The van der Waals surface area contributed by atoms with Gasteiger partial charge in [0.25, 0.3) is 0 Å². The molecule has 0 radical (unpaired) electrons. The maximum atomic E-state index is 12.2. The third-order valence-electron chi connectivity index (χ3n) is 4.88. The SMILES string of the molecule is Cc1ccc(-c2noc(CCC(=O)Nc3ccc(N4CCCC4=O)cc3)n2)cc1. The third-order valence-corrected chi connectivity index (χ3v) is 4.88. The van der Waals surface area contributed by atoms with Gasteiger partial charge < -0.3 is 14.7 Å². The molecule has 2 heterocycles. The zero-order valence-corrected chi connectivity index (χ0v) is 16.2. The summed E-state index contributed by atoms with van der Waals surface area (Å²) in [6.07, 6.45) is 2.09. The lowest BCUT2D eigenvalue weighted by Crippen LogP contribution is -2.23. The van der Waals surface area contributed by atoms with Crippen LogP contribution in [0, 0.1) is 6.92 Å². The highest BCUT2D eigenvalue weighted by molar-refractivity contribution is 5.96. The number of hydrogen-bond donors (Lipinski definition) is 1. The molecule has 7 heteroatoms. The minimum Gasteiger partial charge on any atom is -0.339 e. The lowest BCUT2D eigenvalue weighted by atomic mass is 10.1. The zero-order valence-electron chi connectivity index (χ0n) is 16.2. The van der Waals surface area contributed by atoms with Gasteiger partial charge in [0.1, 0.15) is 0 Å². The van der Waals surface area contributed by atoms with E-state index in [0.29, 0.717) is 30.2 Å². The number of nitrogens with one attached hydrogen (secondary N) is 1. The molecule has 0 spiro atoms. The van der Waals surface area contributed by atoms with Crippen molar-refractivity contribution >= 4 is 23.2 Å². The monoisotopic (exact) mass is 390 g/mol. The first-order valence-corrected chi connectivity index (χ1v) is 9.68. The molecule has 0 unspecified atom stereocenters. The molecule has 1 aromatic heterocycles. The molecule has 7 nitrogen and oxygen atoms in total. The zero-order chi connectivity index (χ0) is 20.2. The first kappa shape index (κ1) is 18.9. The van der Waals surface area contributed by atoms with Crippen LogP contribution in [0.1, 0.15) is 30.7 Å². The Kier molecular flexibility index (Phi) is 5.37. The van der Waals surface area contributed by atoms with Gasteiger partial charge in [-0.3, -0.25) is 9.59 Å². The molecule has 3 aromatic rings. The summed E-state index contributed by atoms with van der Waals surface area (Å²) >= 11 is 0. The van der Waals surface area contributed by atoms with Crippen LogP contribution in [0.5, 0.6) is 0 Å². The van der Waals surface area contributed by atoms with Gasteiger partial charge in [-0.2, -0.15) is 4.98 Å². The Morgan fingerprint density at radius 3 is 2.59 bits per heavy atom. The Bertz CT molecular complexity index is 1010. The molecule has 0 bridgehead atoms. The lowest BCUT2D eigenvalue weighted by molar-refractivity contribution is -0.117. The van der Waals surface area contributed by atoms with Gasteiger partial charge in [0, 0.05) is 42.7 Å². The molecular formula is C22H22N4O3. The van der Waals surface area contributed by atoms with E-state index in [2.05, 4.69) is 15.5 Å². The van der Waals surface area contributed by atoms with Crippen LogP contribution in [-0.2, 0) is 16.0 Å². The average Bonchev–Trinajstić information content (AvgIpc) is 3.37. The summed E-state index contributed by atoms with van der Waals surface area (Å²) < 4.78 is 5.25. The summed E-state index contributed by atoms with van der Waals surface area (Å²) in [5.41, 5.74) is 3.59. The van der Waals surface area contributed by atoms with Gasteiger partial charge in [-0.25, -0.2) is 0 Å². The van der Waals surface area contributed by atoms with Crippen LogP contribution < -0.4 is 10.2 Å². The number of carbonyl (C=O) groups is 2. The van der Waals surface area contributed by atoms with Gasteiger partial charge >= 0.3 is 0 Å². The average molecular weight is 390 g/mol. The molecule has 1 N–H and O–H groups in total. The van der Waals surface area contributed by atoms with Gasteiger partial charge in [-0.15, -0.1) is 0 Å². The fourth-order valence-electron chi connectivity index (χ4n) is 3.27. The fraction of sp³-hybridized carbons (Fsp3) is 0.273. The number of nitrogens with zero attached hydrogens (tertiary/aromatic N) is 3. The normalized spacial score (nSPS) is 13.7. The Labute approximate surface area is 168 Å². The van der Waals surface area contributed by atoms with Crippen LogP contribution in [0.25, 0.3) is 11.4 Å². The van der Waals surface area contributed by atoms with Gasteiger partial charge in [-0.05, 0) is 37.6 Å². The molecule has 148 valence electrons. The van der Waals surface area contributed by atoms with Gasteiger partial charge in [0.05, 0.1) is 0 Å². The number of amides is 2. The van der Waals surface area contributed by atoms with Crippen molar-refractivity contribution in [2.24, 2.45) is 0 Å². The summed E-state index contributed by atoms with van der Waals surface area (Å²) in [7, 11) is 0. The van der Waals surface area contributed by atoms with E-state index in [0.717, 1.165) is 29.8 Å². The highest BCUT2D eigenvalue weighted by Gasteiger charge is 2.21. The molecule has 1 aliphatic rings. The van der Waals surface area contributed by atoms with Crippen LogP contribution in [0.3, 0.4) is 0 Å². The fourth-order valence-corrected chi connectivity index (χ4v) is 3.27. The molecule has 0 aliphatic carbocycles. The maximum absolute atomic E-state index is 12.2. The van der Waals surface area contributed by atoms with Crippen LogP contribution in [0.15, 0.2) is 53.1 Å². The van der Waals surface area contributed by atoms with Crippen molar-refractivity contribution in [2.45, 2.75) is 32.6 Å². The quantitative estimate of drug-likeness (QED) is 0.693. The Morgan fingerprint density at radius 1 is 1.14 bits per heavy atom. The predicted molar refractivity (Wildman–Crippen MR) is 109 cm³/mol. The van der Waals surface area contributed by atoms with E-state index < -0.39 is 0 Å². The van der Waals surface area contributed by atoms with Crippen molar-refractivity contribution in [1.29, 1.82) is 0 Å². The van der Waals surface area contributed by atoms with Crippen molar-refractivity contribution in [2.75, 3.05) is 16.8 Å².